The Bertz CT molecular complexity index is 946. The number of nitrogens with zero attached hydrogens (tertiary/aromatic N) is 3. The van der Waals surface area contributed by atoms with Crippen LogP contribution in [0.25, 0.3) is 0 Å². The number of aryl methyl sites for hydroxylation is 1. The van der Waals surface area contributed by atoms with Gasteiger partial charge in [-0.05, 0) is 75.1 Å². The number of rotatable bonds is 12. The summed E-state index contributed by atoms with van der Waals surface area (Å²) in [5.74, 6) is 1.46. The van der Waals surface area contributed by atoms with Crippen molar-refractivity contribution in [2.24, 2.45) is 0 Å². The standard InChI is InChI=1S/C22H32N4O4S/c1-23-31(27,28)13-8-19-15-20(25-24-17-19)14-18-6-7-21(29-2)22(16-18)30-12-5-11-26-9-3-4-10-26/h6-7,15-17,23H,3-5,8-14H2,1-2H3. The number of aromatic nitrogens is 2. The highest BCUT2D eigenvalue weighted by molar-refractivity contribution is 7.89. The molecule has 1 aromatic carbocycles. The van der Waals surface area contributed by atoms with Crippen LogP contribution in [0.1, 0.15) is 36.1 Å². The molecule has 1 aliphatic rings. The highest BCUT2D eigenvalue weighted by Crippen LogP contribution is 2.29. The first-order chi connectivity index (χ1) is 15.0. The predicted molar refractivity (Wildman–Crippen MR) is 120 cm³/mol. The molecule has 1 aromatic heterocycles. The molecular formula is C22H32N4O4S. The van der Waals surface area contributed by atoms with Gasteiger partial charge in [-0.15, -0.1) is 0 Å². The Balaban J connectivity index is 1.59. The fourth-order valence-corrected chi connectivity index (χ4v) is 4.37. The lowest BCUT2D eigenvalue weighted by molar-refractivity contribution is 0.254. The summed E-state index contributed by atoms with van der Waals surface area (Å²) in [5.41, 5.74) is 2.66. The Labute approximate surface area is 185 Å². The third-order valence-electron chi connectivity index (χ3n) is 5.42. The number of hydrogen-bond acceptors (Lipinski definition) is 7. The topological polar surface area (TPSA) is 93.7 Å². The lowest BCUT2D eigenvalue weighted by atomic mass is 10.1. The fraction of sp³-hybridized carbons (Fsp3) is 0.545. The number of hydrogen-bond donors (Lipinski definition) is 1. The van der Waals surface area contributed by atoms with Gasteiger partial charge in [-0.1, -0.05) is 6.07 Å². The van der Waals surface area contributed by atoms with E-state index < -0.39 is 10.0 Å². The Hall–Kier alpha value is -2.23. The van der Waals surface area contributed by atoms with Crippen molar-refractivity contribution < 1.29 is 17.9 Å². The van der Waals surface area contributed by atoms with Crippen LogP contribution >= 0.6 is 0 Å². The van der Waals surface area contributed by atoms with E-state index in [0.717, 1.165) is 35.5 Å². The minimum atomic E-state index is -3.25. The Morgan fingerprint density at radius 3 is 2.68 bits per heavy atom. The van der Waals surface area contributed by atoms with Crippen LogP contribution in [0.15, 0.2) is 30.5 Å². The zero-order valence-electron chi connectivity index (χ0n) is 18.3. The van der Waals surface area contributed by atoms with Crippen LogP contribution < -0.4 is 14.2 Å². The molecule has 0 atom stereocenters. The predicted octanol–water partition coefficient (Wildman–Crippen LogP) is 2.03. The van der Waals surface area contributed by atoms with Crippen molar-refractivity contribution in [2.75, 3.05) is 46.2 Å². The lowest BCUT2D eigenvalue weighted by Crippen LogP contribution is -2.23. The number of ether oxygens (including phenoxy) is 2. The molecule has 1 fully saturated rings. The summed E-state index contributed by atoms with van der Waals surface area (Å²) in [6.45, 7) is 4.10. The second kappa shape index (κ2) is 11.4. The van der Waals surface area contributed by atoms with Crippen LogP contribution in [0.4, 0.5) is 0 Å². The van der Waals surface area contributed by atoms with Gasteiger partial charge >= 0.3 is 0 Å². The van der Waals surface area contributed by atoms with E-state index in [-0.39, 0.29) is 5.75 Å². The number of methoxy groups -OCH3 is 1. The second-order valence-electron chi connectivity index (χ2n) is 7.74. The van der Waals surface area contributed by atoms with Crippen molar-refractivity contribution in [3.05, 3.63) is 47.3 Å². The summed E-state index contributed by atoms with van der Waals surface area (Å²) in [4.78, 5) is 2.48. The van der Waals surface area contributed by atoms with Gasteiger partial charge in [0.05, 0.1) is 31.4 Å². The van der Waals surface area contributed by atoms with Crippen LogP contribution in [0, 0.1) is 0 Å². The molecule has 1 saturated heterocycles. The smallest absolute Gasteiger partial charge is 0.211 e. The molecule has 0 saturated carbocycles. The van der Waals surface area contributed by atoms with Gasteiger partial charge < -0.3 is 14.4 Å². The zero-order chi connectivity index (χ0) is 22.1. The van der Waals surface area contributed by atoms with Gasteiger partial charge in [-0.2, -0.15) is 10.2 Å². The van der Waals surface area contributed by atoms with E-state index in [1.807, 2.05) is 24.3 Å². The van der Waals surface area contributed by atoms with E-state index in [4.69, 9.17) is 9.47 Å². The van der Waals surface area contributed by atoms with Crippen LogP contribution in [0.5, 0.6) is 11.5 Å². The molecule has 3 rings (SSSR count). The second-order valence-corrected chi connectivity index (χ2v) is 9.79. The molecule has 9 heteroatoms. The lowest BCUT2D eigenvalue weighted by Gasteiger charge is -2.16. The first kappa shape index (κ1) is 23.4. The summed E-state index contributed by atoms with van der Waals surface area (Å²) >= 11 is 0. The minimum Gasteiger partial charge on any atom is -0.493 e. The molecule has 2 aromatic rings. The largest absolute Gasteiger partial charge is 0.493 e. The van der Waals surface area contributed by atoms with Gasteiger partial charge in [0.1, 0.15) is 0 Å². The minimum absolute atomic E-state index is 0.0204. The maximum Gasteiger partial charge on any atom is 0.211 e. The summed E-state index contributed by atoms with van der Waals surface area (Å²) in [5, 5.41) is 8.23. The van der Waals surface area contributed by atoms with Gasteiger partial charge in [0.2, 0.25) is 10.0 Å². The van der Waals surface area contributed by atoms with Crippen molar-refractivity contribution in [2.45, 2.75) is 32.1 Å². The maximum absolute atomic E-state index is 11.7. The van der Waals surface area contributed by atoms with Crippen LogP contribution in [-0.2, 0) is 22.9 Å². The number of sulfonamides is 1. The van der Waals surface area contributed by atoms with Crippen molar-refractivity contribution in [1.82, 2.24) is 19.8 Å². The summed E-state index contributed by atoms with van der Waals surface area (Å²) < 4.78 is 37.1. The van der Waals surface area contributed by atoms with Crippen molar-refractivity contribution in [1.29, 1.82) is 0 Å². The normalized spacial score (nSPS) is 14.6. The monoisotopic (exact) mass is 448 g/mol. The van der Waals surface area contributed by atoms with Gasteiger partial charge in [-0.25, -0.2) is 13.1 Å². The van der Waals surface area contributed by atoms with Gasteiger partial charge in [0, 0.05) is 13.0 Å². The SMILES string of the molecule is CNS(=O)(=O)CCc1cnnc(Cc2ccc(OC)c(OCCCN3CCCC3)c2)c1. The van der Waals surface area contributed by atoms with E-state index in [0.29, 0.717) is 25.2 Å². The Morgan fingerprint density at radius 1 is 1.13 bits per heavy atom. The molecule has 0 bridgehead atoms. The summed E-state index contributed by atoms with van der Waals surface area (Å²) in [6.07, 6.45) is 6.15. The molecule has 170 valence electrons. The number of likely N-dealkylation sites (tertiary alicyclic amines) is 1. The van der Waals surface area contributed by atoms with Crippen molar-refractivity contribution >= 4 is 10.0 Å². The number of benzene rings is 1. The van der Waals surface area contributed by atoms with Crippen LogP contribution in [0.2, 0.25) is 0 Å². The highest BCUT2D eigenvalue weighted by atomic mass is 32.2. The van der Waals surface area contributed by atoms with Crippen LogP contribution in [0.3, 0.4) is 0 Å². The van der Waals surface area contributed by atoms with E-state index in [9.17, 15) is 8.42 Å². The number of nitrogens with one attached hydrogen (secondary N) is 1. The molecule has 0 unspecified atom stereocenters. The van der Waals surface area contributed by atoms with E-state index in [2.05, 4.69) is 19.8 Å². The average Bonchev–Trinajstić information content (AvgIpc) is 3.29. The molecule has 31 heavy (non-hydrogen) atoms. The van der Waals surface area contributed by atoms with Crippen LogP contribution in [-0.4, -0.2) is 69.7 Å². The molecule has 1 aliphatic heterocycles. The first-order valence-electron chi connectivity index (χ1n) is 10.7. The molecule has 0 spiro atoms. The molecule has 0 radical (unpaired) electrons. The van der Waals surface area contributed by atoms with Gasteiger partial charge in [0.15, 0.2) is 11.5 Å². The maximum atomic E-state index is 11.7. The Morgan fingerprint density at radius 2 is 1.94 bits per heavy atom. The van der Waals surface area contributed by atoms with E-state index in [1.165, 1.54) is 33.0 Å². The fourth-order valence-electron chi connectivity index (χ4n) is 3.66. The molecule has 0 amide bonds. The zero-order valence-corrected chi connectivity index (χ0v) is 19.2. The Kier molecular flexibility index (Phi) is 8.62. The highest BCUT2D eigenvalue weighted by Gasteiger charge is 2.12. The third kappa shape index (κ3) is 7.45. The average molecular weight is 449 g/mol. The van der Waals surface area contributed by atoms with Gasteiger partial charge in [0.25, 0.3) is 0 Å². The first-order valence-corrected chi connectivity index (χ1v) is 12.4. The summed E-state index contributed by atoms with van der Waals surface area (Å²) in [6, 6.07) is 7.77. The molecular weight excluding hydrogens is 416 g/mol. The molecule has 1 N–H and O–H groups in total. The quantitative estimate of drug-likeness (QED) is 0.497. The third-order valence-corrected chi connectivity index (χ3v) is 6.78. The van der Waals surface area contributed by atoms with E-state index >= 15 is 0 Å². The van der Waals surface area contributed by atoms with Crippen molar-refractivity contribution in [3.63, 3.8) is 0 Å². The molecule has 0 aliphatic carbocycles. The molecule has 8 nitrogen and oxygen atoms in total. The molecule has 2 heterocycles. The van der Waals surface area contributed by atoms with Crippen molar-refractivity contribution in [3.8, 4) is 11.5 Å². The summed E-state index contributed by atoms with van der Waals surface area (Å²) in [7, 11) is -0.194. The van der Waals surface area contributed by atoms with E-state index in [1.54, 1.807) is 13.3 Å². The van der Waals surface area contributed by atoms with Gasteiger partial charge in [-0.3, -0.25) is 0 Å².